The minimum atomic E-state index is -0.391. The lowest BCUT2D eigenvalue weighted by Crippen LogP contribution is -2.36. The lowest BCUT2D eigenvalue weighted by Gasteiger charge is -2.32. The zero-order valence-electron chi connectivity index (χ0n) is 28.9. The van der Waals surface area contributed by atoms with E-state index in [1.165, 1.54) is 0 Å². The van der Waals surface area contributed by atoms with Crippen molar-refractivity contribution in [3.8, 4) is 5.75 Å². The summed E-state index contributed by atoms with van der Waals surface area (Å²) in [7, 11) is 3.95. The van der Waals surface area contributed by atoms with E-state index >= 15 is 0 Å². The van der Waals surface area contributed by atoms with Gasteiger partial charge in [0.25, 0.3) is 0 Å². The van der Waals surface area contributed by atoms with Crippen LogP contribution in [0.5, 0.6) is 5.75 Å². The van der Waals surface area contributed by atoms with Crippen LogP contribution in [0.4, 0.5) is 10.6 Å². The van der Waals surface area contributed by atoms with Crippen molar-refractivity contribution >= 4 is 23.3 Å². The van der Waals surface area contributed by atoms with Crippen LogP contribution in [-0.2, 0) is 10.8 Å². The average Bonchev–Trinajstić information content (AvgIpc) is 3.46. The molecule has 1 aliphatic rings. The second kappa shape index (κ2) is 13.8. The largest absolute Gasteiger partial charge is 0.484 e. The molecule has 0 saturated heterocycles. The number of nitrogens with one attached hydrogen (secondary N) is 2. The van der Waals surface area contributed by atoms with Crippen molar-refractivity contribution in [2.75, 3.05) is 26.0 Å². The van der Waals surface area contributed by atoms with Crippen LogP contribution in [0.25, 0.3) is 5.65 Å². The summed E-state index contributed by atoms with van der Waals surface area (Å²) in [6, 6.07) is 13.1. The van der Waals surface area contributed by atoms with Gasteiger partial charge >= 0.3 is 6.03 Å². The number of aromatic nitrogens is 5. The summed E-state index contributed by atoms with van der Waals surface area (Å²) in [5.41, 5.74) is 3.05. The zero-order chi connectivity index (χ0) is 33.9. The molecule has 2 amide bonds. The zero-order valence-corrected chi connectivity index (χ0v) is 28.9. The van der Waals surface area contributed by atoms with Crippen molar-refractivity contribution in [1.29, 1.82) is 0 Å². The van der Waals surface area contributed by atoms with E-state index in [4.69, 9.17) is 4.74 Å². The fraction of sp³-hybridized carbons (Fsp3) is 0.500. The Labute approximate surface area is 277 Å². The Kier molecular flexibility index (Phi) is 9.95. The van der Waals surface area contributed by atoms with E-state index in [9.17, 15) is 9.59 Å². The van der Waals surface area contributed by atoms with Crippen molar-refractivity contribution in [2.45, 2.75) is 96.6 Å². The van der Waals surface area contributed by atoms with Gasteiger partial charge < -0.3 is 15.0 Å². The fourth-order valence-electron chi connectivity index (χ4n) is 5.75. The van der Waals surface area contributed by atoms with Gasteiger partial charge in [0.05, 0.1) is 17.9 Å². The number of carbonyl (C=O) groups excluding carboxylic acids is 2. The van der Waals surface area contributed by atoms with Gasteiger partial charge in [0.15, 0.2) is 17.3 Å². The summed E-state index contributed by atoms with van der Waals surface area (Å²) in [5, 5.41) is 14.8. The molecule has 47 heavy (non-hydrogen) atoms. The third kappa shape index (κ3) is 7.96. The van der Waals surface area contributed by atoms with E-state index in [0.29, 0.717) is 37.2 Å². The molecule has 0 spiro atoms. The van der Waals surface area contributed by atoms with Crippen LogP contribution in [0.3, 0.4) is 0 Å². The van der Waals surface area contributed by atoms with Gasteiger partial charge in [-0.05, 0) is 69.6 Å². The maximum absolute atomic E-state index is 13.4. The maximum atomic E-state index is 13.4. The molecule has 11 heteroatoms. The number of fused-ring (bicyclic) bond motifs is 2. The molecule has 250 valence electrons. The van der Waals surface area contributed by atoms with Crippen LogP contribution in [0, 0.1) is 0 Å². The number of hydrogen-bond acceptors (Lipinski definition) is 8. The van der Waals surface area contributed by atoms with Crippen LogP contribution >= 0.6 is 0 Å². The molecule has 1 aliphatic carbocycles. The minimum Gasteiger partial charge on any atom is -0.484 e. The monoisotopic (exact) mass is 640 g/mol. The van der Waals surface area contributed by atoms with Crippen LogP contribution in [0.2, 0.25) is 0 Å². The number of pyridine rings is 1. The maximum Gasteiger partial charge on any atom is 0.320 e. The number of carbonyl (C=O) groups is 2. The number of ketones is 1. The molecule has 0 fully saturated rings. The number of nitrogens with zero attached hydrogens (tertiary/aromatic N) is 6. The molecule has 3 heterocycles. The summed E-state index contributed by atoms with van der Waals surface area (Å²) in [5.74, 6) is 1.93. The SMILES string of the molecule is CCC(C)(C)c1nnc2ccc(O[C@@H]3CC[C@H](NC(=O)Nc4cc(C(C)(C)C)nc(C(=O)CCCN(C)C)n4)c4ccccc43)cn12. The van der Waals surface area contributed by atoms with Gasteiger partial charge in [-0.25, -0.2) is 14.8 Å². The van der Waals surface area contributed by atoms with E-state index in [0.717, 1.165) is 41.3 Å². The second-order valence-corrected chi connectivity index (χ2v) is 14.4. The van der Waals surface area contributed by atoms with Crippen molar-refractivity contribution in [3.05, 3.63) is 77.1 Å². The highest BCUT2D eigenvalue weighted by Gasteiger charge is 2.30. The number of ether oxygens (including phenoxy) is 1. The molecule has 5 rings (SSSR count). The Balaban J connectivity index is 1.31. The first-order chi connectivity index (χ1) is 22.2. The van der Waals surface area contributed by atoms with Gasteiger partial charge in [0.1, 0.15) is 23.5 Å². The number of Topliss-reactive ketones (excluding diaryl/α,β-unsaturated/α-hetero) is 1. The number of anilines is 1. The third-order valence-electron chi connectivity index (χ3n) is 8.88. The molecule has 4 aromatic rings. The quantitative estimate of drug-likeness (QED) is 0.171. The highest BCUT2D eigenvalue weighted by atomic mass is 16.5. The molecular weight excluding hydrogens is 592 g/mol. The predicted molar refractivity (Wildman–Crippen MR) is 183 cm³/mol. The summed E-state index contributed by atoms with van der Waals surface area (Å²) >= 11 is 0. The average molecular weight is 641 g/mol. The standard InChI is InChI=1S/C36H48N8O3/c1-9-36(5,6)33-42-41-31-19-16-23(22-44(31)33)47-28-18-17-26(24-13-10-11-14-25(24)28)37-34(46)40-30-21-29(35(2,3)4)38-32(39-30)27(45)15-12-20-43(7)8/h10-11,13-14,16,19,21-22,26,28H,9,12,15,17-18,20H2,1-8H3,(H2,37,38,39,40,46)/t26-,28+/m0/s1. The van der Waals surface area contributed by atoms with Gasteiger partial charge in [0, 0.05) is 23.3 Å². The topological polar surface area (TPSA) is 127 Å². The Hall–Kier alpha value is -4.38. The Morgan fingerprint density at radius 1 is 1.00 bits per heavy atom. The molecule has 1 aromatic carbocycles. The summed E-state index contributed by atoms with van der Waals surface area (Å²) < 4.78 is 8.59. The fourth-order valence-corrected chi connectivity index (χ4v) is 5.75. The van der Waals surface area contributed by atoms with Crippen molar-refractivity contribution in [3.63, 3.8) is 0 Å². The minimum absolute atomic E-state index is 0.127. The Morgan fingerprint density at radius 3 is 2.45 bits per heavy atom. The molecule has 0 bridgehead atoms. The highest BCUT2D eigenvalue weighted by Crippen LogP contribution is 2.39. The third-order valence-corrected chi connectivity index (χ3v) is 8.88. The van der Waals surface area contributed by atoms with Crippen LogP contribution < -0.4 is 15.4 Å². The molecule has 0 unspecified atom stereocenters. The molecule has 0 saturated carbocycles. The van der Waals surface area contributed by atoms with Crippen LogP contribution in [0.15, 0.2) is 48.7 Å². The number of rotatable bonds is 11. The van der Waals surface area contributed by atoms with Gasteiger partial charge in [-0.15, -0.1) is 10.2 Å². The second-order valence-electron chi connectivity index (χ2n) is 14.4. The van der Waals surface area contributed by atoms with Gasteiger partial charge in [-0.1, -0.05) is 65.8 Å². The summed E-state index contributed by atoms with van der Waals surface area (Å²) in [4.78, 5) is 37.4. The van der Waals surface area contributed by atoms with Gasteiger partial charge in [-0.2, -0.15) is 0 Å². The highest BCUT2D eigenvalue weighted by molar-refractivity contribution is 5.94. The summed E-state index contributed by atoms with van der Waals surface area (Å²) in [6.07, 6.45) is 5.16. The van der Waals surface area contributed by atoms with Gasteiger partial charge in [-0.3, -0.25) is 14.5 Å². The first-order valence-corrected chi connectivity index (χ1v) is 16.5. The van der Waals surface area contributed by atoms with E-state index in [2.05, 4.69) is 57.6 Å². The summed E-state index contributed by atoms with van der Waals surface area (Å²) in [6.45, 7) is 13.3. The van der Waals surface area contributed by atoms with Crippen LogP contribution in [-0.4, -0.2) is 61.9 Å². The van der Waals surface area contributed by atoms with Crippen molar-refractivity contribution in [1.82, 2.24) is 34.8 Å². The molecular formula is C36H48N8O3. The number of hydrogen-bond donors (Lipinski definition) is 2. The Morgan fingerprint density at radius 2 is 1.74 bits per heavy atom. The number of benzene rings is 1. The van der Waals surface area contributed by atoms with Crippen molar-refractivity contribution < 1.29 is 14.3 Å². The van der Waals surface area contributed by atoms with E-state index in [1.807, 2.05) is 80.7 Å². The molecule has 11 nitrogen and oxygen atoms in total. The lowest BCUT2D eigenvalue weighted by atomic mass is 9.85. The number of amides is 2. The molecule has 3 aromatic heterocycles. The number of urea groups is 1. The molecule has 2 atom stereocenters. The Bertz CT molecular complexity index is 1740. The smallest absolute Gasteiger partial charge is 0.320 e. The van der Waals surface area contributed by atoms with E-state index in [-0.39, 0.29) is 34.6 Å². The van der Waals surface area contributed by atoms with E-state index in [1.54, 1.807) is 6.07 Å². The van der Waals surface area contributed by atoms with E-state index < -0.39 is 6.03 Å². The molecule has 0 radical (unpaired) electrons. The molecule has 2 N–H and O–H groups in total. The first kappa shape index (κ1) is 34.0. The van der Waals surface area contributed by atoms with Crippen molar-refractivity contribution in [2.24, 2.45) is 0 Å². The molecule has 0 aliphatic heterocycles. The van der Waals surface area contributed by atoms with Gasteiger partial charge in [0.2, 0.25) is 0 Å². The normalized spacial score (nSPS) is 16.6. The predicted octanol–water partition coefficient (Wildman–Crippen LogP) is 6.81. The first-order valence-electron chi connectivity index (χ1n) is 16.5. The van der Waals surface area contributed by atoms with Crippen LogP contribution in [0.1, 0.15) is 119 Å². The lowest BCUT2D eigenvalue weighted by molar-refractivity contribution is 0.0966.